The molecular formula is C20H20N4O4. The van der Waals surface area contributed by atoms with Crippen LogP contribution in [0.25, 0.3) is 0 Å². The van der Waals surface area contributed by atoms with Gasteiger partial charge in [0.05, 0.1) is 6.54 Å². The molecule has 144 valence electrons. The highest BCUT2D eigenvalue weighted by Gasteiger charge is 2.35. The van der Waals surface area contributed by atoms with Crippen molar-refractivity contribution in [3.8, 4) is 17.6 Å². The van der Waals surface area contributed by atoms with Gasteiger partial charge < -0.3 is 25.0 Å². The molecule has 2 atom stereocenters. The van der Waals surface area contributed by atoms with Crippen LogP contribution in [-0.2, 0) is 5.60 Å². The van der Waals surface area contributed by atoms with E-state index in [1.807, 2.05) is 29.3 Å². The lowest BCUT2D eigenvalue weighted by atomic mass is 10.0. The molecule has 1 unspecified atom stereocenters. The maximum absolute atomic E-state index is 11.8. The summed E-state index contributed by atoms with van der Waals surface area (Å²) < 4.78 is 10.8. The Morgan fingerprint density at radius 3 is 2.93 bits per heavy atom. The highest BCUT2D eigenvalue weighted by atomic mass is 16.5. The van der Waals surface area contributed by atoms with Gasteiger partial charge in [0.1, 0.15) is 30.0 Å². The van der Waals surface area contributed by atoms with Crippen molar-refractivity contribution < 1.29 is 19.2 Å². The van der Waals surface area contributed by atoms with E-state index in [1.54, 1.807) is 26.1 Å². The van der Waals surface area contributed by atoms with E-state index in [0.717, 1.165) is 5.56 Å². The number of urea groups is 1. The number of benzene rings is 1. The second-order valence-corrected chi connectivity index (χ2v) is 6.90. The van der Waals surface area contributed by atoms with Crippen molar-refractivity contribution in [2.75, 3.05) is 13.2 Å². The second-order valence-electron chi connectivity index (χ2n) is 6.90. The van der Waals surface area contributed by atoms with Gasteiger partial charge in [-0.25, -0.2) is 4.79 Å². The van der Waals surface area contributed by atoms with Crippen molar-refractivity contribution in [1.29, 1.82) is 0 Å². The van der Waals surface area contributed by atoms with E-state index >= 15 is 0 Å². The van der Waals surface area contributed by atoms with Gasteiger partial charge in [0.2, 0.25) is 0 Å². The van der Waals surface area contributed by atoms with E-state index < -0.39 is 11.6 Å². The number of carbonyl (C=O) groups is 1. The predicted octanol–water partition coefficient (Wildman–Crippen LogP) is 1.80. The quantitative estimate of drug-likeness (QED) is 0.731. The van der Waals surface area contributed by atoms with Crippen LogP contribution in [0.1, 0.15) is 35.7 Å². The number of aliphatic hydroxyl groups is 1. The molecule has 8 nitrogen and oxygen atoms in total. The highest BCUT2D eigenvalue weighted by Crippen LogP contribution is 2.38. The van der Waals surface area contributed by atoms with Crippen LogP contribution in [0.4, 0.5) is 4.79 Å². The van der Waals surface area contributed by atoms with Crippen molar-refractivity contribution >= 4 is 6.03 Å². The monoisotopic (exact) mass is 380 g/mol. The number of amides is 2. The van der Waals surface area contributed by atoms with Crippen molar-refractivity contribution in [3.63, 3.8) is 0 Å². The van der Waals surface area contributed by atoms with Gasteiger partial charge in [0, 0.05) is 29.6 Å². The summed E-state index contributed by atoms with van der Waals surface area (Å²) in [5.41, 5.74) is 5.87. The van der Waals surface area contributed by atoms with Gasteiger partial charge in [-0.05, 0) is 32.0 Å². The van der Waals surface area contributed by atoms with Crippen molar-refractivity contribution in [1.82, 2.24) is 15.0 Å². The SMILES string of the molecule is Cc1cc([C@@](C)(O)C#Cc2ccc3c(c2)C2N(C=CN2C(N)=O)CCO3)no1. The standard InChI is InChI=1S/C20H20N4O4/c1-13-11-17(22-28-13)20(2,26)6-5-14-3-4-16-15(12-14)18-23(9-10-27-16)7-8-24(18)19(21)25/h3-4,7-8,11-12,18,26H,9-10H2,1-2H3,(H2,21,25)/t18?,20-/m0/s1. The molecular weight excluding hydrogens is 360 g/mol. The number of aromatic nitrogens is 1. The molecule has 3 N–H and O–H groups in total. The van der Waals surface area contributed by atoms with Crippen LogP contribution in [0, 0.1) is 18.8 Å². The lowest BCUT2D eigenvalue weighted by Gasteiger charge is -2.29. The molecule has 2 aromatic rings. The van der Waals surface area contributed by atoms with Crippen LogP contribution >= 0.6 is 0 Å². The topological polar surface area (TPSA) is 105 Å². The summed E-state index contributed by atoms with van der Waals surface area (Å²) in [6.07, 6.45) is 3.11. The molecule has 3 heterocycles. The number of hydrogen-bond acceptors (Lipinski definition) is 6. The number of fused-ring (bicyclic) bond motifs is 3. The number of nitrogens with two attached hydrogens (primary N) is 1. The number of rotatable bonds is 1. The van der Waals surface area contributed by atoms with Crippen LogP contribution in [0.2, 0.25) is 0 Å². The summed E-state index contributed by atoms with van der Waals surface area (Å²) in [6.45, 7) is 4.42. The molecule has 8 heteroatoms. The number of carbonyl (C=O) groups excluding carboxylic acids is 1. The predicted molar refractivity (Wildman–Crippen MR) is 99.6 cm³/mol. The lowest BCUT2D eigenvalue weighted by Crippen LogP contribution is -2.37. The molecule has 1 aromatic carbocycles. The summed E-state index contributed by atoms with van der Waals surface area (Å²) in [5.74, 6) is 7.08. The third-order valence-corrected chi connectivity index (χ3v) is 4.72. The van der Waals surface area contributed by atoms with Crippen LogP contribution in [0.5, 0.6) is 5.75 Å². The Hall–Kier alpha value is -3.44. The fourth-order valence-corrected chi connectivity index (χ4v) is 3.27. The first-order valence-corrected chi connectivity index (χ1v) is 8.83. The number of ether oxygens (including phenoxy) is 1. The number of nitrogens with zero attached hydrogens (tertiary/aromatic N) is 3. The average Bonchev–Trinajstić information content (AvgIpc) is 3.24. The molecule has 1 aromatic heterocycles. The van der Waals surface area contributed by atoms with E-state index in [-0.39, 0.29) is 6.17 Å². The lowest BCUT2D eigenvalue weighted by molar-refractivity contribution is 0.112. The summed E-state index contributed by atoms with van der Waals surface area (Å²) in [6, 6.07) is 6.57. The summed E-state index contributed by atoms with van der Waals surface area (Å²) in [7, 11) is 0. The van der Waals surface area contributed by atoms with Crippen molar-refractivity contribution in [2.24, 2.45) is 5.73 Å². The molecule has 0 saturated heterocycles. The molecule has 0 bridgehead atoms. The largest absolute Gasteiger partial charge is 0.491 e. The van der Waals surface area contributed by atoms with Crippen LogP contribution in [-0.4, -0.2) is 39.2 Å². The Labute approximate surface area is 162 Å². The Balaban J connectivity index is 1.69. The Morgan fingerprint density at radius 2 is 2.21 bits per heavy atom. The second kappa shape index (κ2) is 6.62. The first-order chi connectivity index (χ1) is 13.3. The van der Waals surface area contributed by atoms with Crippen LogP contribution in [0.15, 0.2) is 41.2 Å². The molecule has 0 aliphatic carbocycles. The van der Waals surface area contributed by atoms with Gasteiger partial charge in [-0.2, -0.15) is 0 Å². The van der Waals surface area contributed by atoms with Gasteiger partial charge >= 0.3 is 6.03 Å². The molecule has 2 aliphatic rings. The molecule has 0 radical (unpaired) electrons. The van der Waals surface area contributed by atoms with Gasteiger partial charge in [-0.3, -0.25) is 4.90 Å². The molecule has 0 fully saturated rings. The van der Waals surface area contributed by atoms with E-state index in [9.17, 15) is 9.90 Å². The molecule has 4 rings (SSSR count). The van der Waals surface area contributed by atoms with Crippen LogP contribution < -0.4 is 10.5 Å². The summed E-state index contributed by atoms with van der Waals surface area (Å²) in [5, 5.41) is 14.4. The minimum absolute atomic E-state index is 0.349. The number of hydrogen-bond donors (Lipinski definition) is 2. The first-order valence-electron chi connectivity index (χ1n) is 8.83. The zero-order chi connectivity index (χ0) is 19.9. The van der Waals surface area contributed by atoms with Gasteiger partial charge in [-0.1, -0.05) is 17.0 Å². The molecule has 0 saturated carbocycles. The molecule has 2 aliphatic heterocycles. The van der Waals surface area contributed by atoms with E-state index in [1.165, 1.54) is 4.90 Å². The van der Waals surface area contributed by atoms with Gasteiger partial charge in [-0.15, -0.1) is 0 Å². The zero-order valence-corrected chi connectivity index (χ0v) is 15.5. The maximum atomic E-state index is 11.8. The third kappa shape index (κ3) is 3.17. The Morgan fingerprint density at radius 1 is 1.39 bits per heavy atom. The normalized spacial score (nSPS) is 19.6. The van der Waals surface area contributed by atoms with E-state index in [0.29, 0.717) is 35.9 Å². The maximum Gasteiger partial charge on any atom is 0.320 e. The minimum atomic E-state index is -1.46. The van der Waals surface area contributed by atoms with Crippen molar-refractivity contribution in [2.45, 2.75) is 25.6 Å². The highest BCUT2D eigenvalue weighted by molar-refractivity contribution is 5.74. The van der Waals surface area contributed by atoms with Crippen molar-refractivity contribution in [3.05, 3.63) is 59.2 Å². The van der Waals surface area contributed by atoms with Crippen LogP contribution in [0.3, 0.4) is 0 Å². The molecule has 2 amide bonds. The summed E-state index contributed by atoms with van der Waals surface area (Å²) >= 11 is 0. The minimum Gasteiger partial charge on any atom is -0.491 e. The fraction of sp³-hybridized carbons (Fsp3) is 0.300. The van der Waals surface area contributed by atoms with Gasteiger partial charge in [0.15, 0.2) is 5.60 Å². The van der Waals surface area contributed by atoms with E-state index in [2.05, 4.69) is 17.0 Å². The third-order valence-electron chi connectivity index (χ3n) is 4.72. The molecule has 0 spiro atoms. The number of aryl methyl sites for hydroxylation is 1. The average molecular weight is 380 g/mol. The number of primary amides is 1. The Kier molecular flexibility index (Phi) is 4.24. The first kappa shape index (κ1) is 17.9. The smallest absolute Gasteiger partial charge is 0.320 e. The zero-order valence-electron chi connectivity index (χ0n) is 15.5. The Bertz CT molecular complexity index is 1010. The fourth-order valence-electron chi connectivity index (χ4n) is 3.27. The van der Waals surface area contributed by atoms with Gasteiger partial charge in [0.25, 0.3) is 0 Å². The van der Waals surface area contributed by atoms with E-state index in [4.69, 9.17) is 15.0 Å². The molecule has 28 heavy (non-hydrogen) atoms. The summed E-state index contributed by atoms with van der Waals surface area (Å²) in [4.78, 5) is 15.3.